The van der Waals surface area contributed by atoms with Crippen LogP contribution in [0.1, 0.15) is 36.7 Å². The van der Waals surface area contributed by atoms with Crippen molar-refractivity contribution in [1.82, 2.24) is 24.9 Å². The number of unbranched alkanes of at least 4 members (excludes halogenated alkanes) is 1. The Kier molecular flexibility index (Phi) is 4.06. The molecule has 3 amide bonds. The highest BCUT2D eigenvalue weighted by Gasteiger charge is 2.49. The van der Waals surface area contributed by atoms with Crippen LogP contribution in [0.25, 0.3) is 0 Å². The number of hydrogen-bond acceptors (Lipinski definition) is 5. The summed E-state index contributed by atoms with van der Waals surface area (Å²) >= 11 is 0. The molecule has 1 aromatic rings. The Morgan fingerprint density at radius 1 is 1.21 bits per heavy atom. The third-order valence-corrected chi connectivity index (χ3v) is 4.93. The average Bonchev–Trinajstić information content (AvgIpc) is 3.04. The second-order valence-corrected chi connectivity index (χ2v) is 6.45. The molecule has 24 heavy (non-hydrogen) atoms. The molecular formula is C16H24N6O2. The molecule has 0 aromatic carbocycles. The minimum atomic E-state index is -0.512. The number of aromatic nitrogens is 2. The summed E-state index contributed by atoms with van der Waals surface area (Å²) in [6.45, 7) is 8.78. The van der Waals surface area contributed by atoms with Crippen LogP contribution in [0, 0.1) is 20.8 Å². The number of fused-ring (bicyclic) bond motifs is 1. The lowest BCUT2D eigenvalue weighted by atomic mass is 10.1. The zero-order valence-corrected chi connectivity index (χ0v) is 14.8. The summed E-state index contributed by atoms with van der Waals surface area (Å²) in [5.74, 6) is 0.347. The number of amides is 3. The molecule has 1 N–H and O–H groups in total. The number of carbonyl (C=O) groups excluding carboxylic acids is 2. The van der Waals surface area contributed by atoms with Gasteiger partial charge in [-0.05, 0) is 32.8 Å². The van der Waals surface area contributed by atoms with Crippen molar-refractivity contribution >= 4 is 17.9 Å². The van der Waals surface area contributed by atoms with Gasteiger partial charge in [0, 0.05) is 19.3 Å². The van der Waals surface area contributed by atoms with Crippen LogP contribution < -0.4 is 5.32 Å². The van der Waals surface area contributed by atoms with Crippen molar-refractivity contribution in [3.63, 3.8) is 0 Å². The van der Waals surface area contributed by atoms with Gasteiger partial charge >= 0.3 is 6.03 Å². The van der Waals surface area contributed by atoms with Gasteiger partial charge in [-0.1, -0.05) is 13.3 Å². The number of imide groups is 1. The highest BCUT2D eigenvalue weighted by atomic mass is 16.2. The first-order valence-electron chi connectivity index (χ1n) is 8.32. The normalized spacial score (nSPS) is 23.5. The van der Waals surface area contributed by atoms with Crippen LogP contribution >= 0.6 is 0 Å². The Hall–Kier alpha value is -2.38. The summed E-state index contributed by atoms with van der Waals surface area (Å²) in [4.78, 5) is 32.5. The van der Waals surface area contributed by atoms with E-state index in [1.807, 2.05) is 25.7 Å². The molecule has 8 nitrogen and oxygen atoms in total. The Morgan fingerprint density at radius 2 is 1.92 bits per heavy atom. The monoisotopic (exact) mass is 332 g/mol. The third kappa shape index (κ3) is 2.37. The first-order valence-corrected chi connectivity index (χ1v) is 8.32. The minimum Gasteiger partial charge on any atom is -0.325 e. The largest absolute Gasteiger partial charge is 0.325 e. The van der Waals surface area contributed by atoms with Crippen LogP contribution in [0.15, 0.2) is 4.99 Å². The van der Waals surface area contributed by atoms with E-state index in [2.05, 4.69) is 17.3 Å². The zero-order valence-electron chi connectivity index (χ0n) is 14.8. The lowest BCUT2D eigenvalue weighted by Crippen LogP contribution is -2.64. The quantitative estimate of drug-likeness (QED) is 0.895. The smallest absolute Gasteiger partial charge is 0.325 e. The number of nitrogens with zero attached hydrogens (tertiary/aromatic N) is 5. The third-order valence-electron chi connectivity index (χ3n) is 4.93. The Bertz CT molecular complexity index is 722. The molecule has 0 spiro atoms. The molecule has 1 fully saturated rings. The van der Waals surface area contributed by atoms with Crippen molar-refractivity contribution in [3.05, 3.63) is 17.0 Å². The molecule has 130 valence electrons. The van der Waals surface area contributed by atoms with Crippen LogP contribution in [0.2, 0.25) is 0 Å². The number of rotatable bonds is 3. The van der Waals surface area contributed by atoms with Crippen molar-refractivity contribution in [3.8, 4) is 0 Å². The van der Waals surface area contributed by atoms with E-state index in [0.717, 1.165) is 29.8 Å². The number of nitrogens with one attached hydrogen (secondary N) is 1. The van der Waals surface area contributed by atoms with Gasteiger partial charge in [-0.15, -0.1) is 0 Å². The molecule has 2 unspecified atom stereocenters. The van der Waals surface area contributed by atoms with Gasteiger partial charge in [0.25, 0.3) is 5.91 Å². The maximum absolute atomic E-state index is 12.4. The molecule has 0 aliphatic carbocycles. The molecule has 2 aliphatic rings. The number of urea groups is 1. The average molecular weight is 332 g/mol. The van der Waals surface area contributed by atoms with E-state index in [4.69, 9.17) is 4.99 Å². The summed E-state index contributed by atoms with van der Waals surface area (Å²) in [7, 11) is 1.66. The molecule has 1 aromatic heterocycles. The molecule has 0 saturated carbocycles. The van der Waals surface area contributed by atoms with Gasteiger partial charge in [0.15, 0.2) is 12.2 Å². The highest BCUT2D eigenvalue weighted by Crippen LogP contribution is 2.26. The van der Waals surface area contributed by atoms with Gasteiger partial charge in [0.05, 0.1) is 5.69 Å². The number of aryl methyl sites for hydroxylation is 1. The van der Waals surface area contributed by atoms with Gasteiger partial charge in [-0.2, -0.15) is 5.10 Å². The van der Waals surface area contributed by atoms with Crippen LogP contribution in [0.5, 0.6) is 0 Å². The van der Waals surface area contributed by atoms with E-state index in [1.165, 1.54) is 4.90 Å². The van der Waals surface area contributed by atoms with Crippen molar-refractivity contribution in [1.29, 1.82) is 0 Å². The van der Waals surface area contributed by atoms with E-state index >= 15 is 0 Å². The van der Waals surface area contributed by atoms with E-state index in [-0.39, 0.29) is 5.91 Å². The maximum atomic E-state index is 12.4. The number of aliphatic imine (C=N–C) groups is 1. The second-order valence-electron chi connectivity index (χ2n) is 6.45. The predicted octanol–water partition coefficient (Wildman–Crippen LogP) is 1.00. The maximum Gasteiger partial charge on any atom is 0.325 e. The van der Waals surface area contributed by atoms with Crippen LogP contribution in [-0.2, 0) is 4.79 Å². The van der Waals surface area contributed by atoms with Crippen molar-refractivity contribution < 1.29 is 9.59 Å². The fraction of sp³-hybridized carbons (Fsp3) is 0.625. The summed E-state index contributed by atoms with van der Waals surface area (Å²) in [6.07, 6.45) is 1.43. The molecule has 8 heteroatoms. The lowest BCUT2D eigenvalue weighted by molar-refractivity contribution is -0.127. The second kappa shape index (κ2) is 5.92. The molecular weight excluding hydrogens is 308 g/mol. The number of carbonyl (C=O) groups is 2. The SMILES string of the molecule is CCCCN1C(n2nc(C)c(C)c2C)=NC2C1C(=O)NC(=O)N2C. The van der Waals surface area contributed by atoms with E-state index < -0.39 is 18.2 Å². The topological polar surface area (TPSA) is 82.8 Å². The summed E-state index contributed by atoms with van der Waals surface area (Å²) in [6, 6.07) is -0.912. The van der Waals surface area contributed by atoms with Gasteiger partial charge < -0.3 is 9.80 Å². The molecule has 2 aliphatic heterocycles. The molecule has 0 bridgehead atoms. The summed E-state index contributed by atoms with van der Waals surface area (Å²) in [5, 5.41) is 7.00. The van der Waals surface area contributed by atoms with Gasteiger partial charge in [0.2, 0.25) is 5.96 Å². The Morgan fingerprint density at radius 3 is 2.50 bits per heavy atom. The fourth-order valence-corrected chi connectivity index (χ4v) is 3.17. The van der Waals surface area contributed by atoms with E-state index in [0.29, 0.717) is 12.5 Å². The van der Waals surface area contributed by atoms with Crippen LogP contribution in [-0.4, -0.2) is 63.3 Å². The first kappa shape index (κ1) is 16.5. The summed E-state index contributed by atoms with van der Waals surface area (Å²) < 4.78 is 1.80. The molecule has 2 atom stereocenters. The first-order chi connectivity index (χ1) is 11.4. The van der Waals surface area contributed by atoms with Crippen LogP contribution in [0.4, 0.5) is 4.79 Å². The lowest BCUT2D eigenvalue weighted by Gasteiger charge is -2.36. The van der Waals surface area contributed by atoms with Crippen LogP contribution in [0.3, 0.4) is 0 Å². The number of likely N-dealkylation sites (N-methyl/N-ethyl adjacent to an activating group) is 1. The zero-order chi connectivity index (χ0) is 17.6. The van der Waals surface area contributed by atoms with E-state index in [1.54, 1.807) is 11.7 Å². The molecule has 3 heterocycles. The Balaban J connectivity index is 2.06. The van der Waals surface area contributed by atoms with E-state index in [9.17, 15) is 9.59 Å². The standard InChI is InChI=1S/C16H24N6O2/c1-6-7-8-21-12-13(20(5)16(24)18-14(12)23)17-15(21)22-11(4)9(2)10(3)19-22/h12-13H,6-8H2,1-5H3,(H,18,23,24). The molecule has 0 radical (unpaired) electrons. The molecule has 3 rings (SSSR count). The molecule has 1 saturated heterocycles. The van der Waals surface area contributed by atoms with Crippen molar-refractivity contribution in [2.45, 2.75) is 52.7 Å². The fourth-order valence-electron chi connectivity index (χ4n) is 3.17. The summed E-state index contributed by atoms with van der Waals surface area (Å²) in [5.41, 5.74) is 3.05. The van der Waals surface area contributed by atoms with Crippen molar-refractivity contribution in [2.75, 3.05) is 13.6 Å². The Labute approximate surface area is 141 Å². The minimum absolute atomic E-state index is 0.295. The van der Waals surface area contributed by atoms with Crippen molar-refractivity contribution in [2.24, 2.45) is 4.99 Å². The van der Waals surface area contributed by atoms with Gasteiger partial charge in [-0.3, -0.25) is 10.1 Å². The predicted molar refractivity (Wildman–Crippen MR) is 89.8 cm³/mol. The highest BCUT2D eigenvalue weighted by molar-refractivity contribution is 6.04. The van der Waals surface area contributed by atoms with Gasteiger partial charge in [0.1, 0.15) is 0 Å². The van der Waals surface area contributed by atoms with Gasteiger partial charge in [-0.25, -0.2) is 14.5 Å². The number of hydrogen-bond donors (Lipinski definition) is 1.